The van der Waals surface area contributed by atoms with Gasteiger partial charge in [0, 0.05) is 12.1 Å². The minimum absolute atomic E-state index is 0.0185. The first-order valence-electron chi connectivity index (χ1n) is 4.01. The molecule has 4 heteroatoms. The van der Waals surface area contributed by atoms with Crippen molar-refractivity contribution in [3.05, 3.63) is 23.8 Å². The number of nitrogens with zero attached hydrogens (tertiary/aromatic N) is 1. The zero-order valence-electron chi connectivity index (χ0n) is 7.55. The maximum atomic E-state index is 12.8. The normalized spacial score (nSPS) is 10.5. The summed E-state index contributed by atoms with van der Waals surface area (Å²) in [5.41, 5.74) is 0.484. The molecular weight excluding hydrogens is 193 g/mol. The molecule has 0 saturated heterocycles. The Kier molecular flexibility index (Phi) is 3.48. The van der Waals surface area contributed by atoms with E-state index in [1.54, 1.807) is 6.07 Å². The fourth-order valence-electron chi connectivity index (χ4n) is 0.934. The van der Waals surface area contributed by atoms with Crippen LogP contribution in [0.1, 0.15) is 19.5 Å². The van der Waals surface area contributed by atoms with Gasteiger partial charge in [0.15, 0.2) is 0 Å². The SMILES string of the molecule is CC(C)Oc1cc(F)nc(CCl)c1. The second-order valence-electron chi connectivity index (χ2n) is 2.92. The number of alkyl halides is 1. The lowest BCUT2D eigenvalue weighted by Gasteiger charge is -2.09. The Morgan fingerprint density at radius 1 is 1.54 bits per heavy atom. The van der Waals surface area contributed by atoms with E-state index in [0.717, 1.165) is 0 Å². The van der Waals surface area contributed by atoms with Gasteiger partial charge in [-0.3, -0.25) is 0 Å². The average Bonchev–Trinajstić information content (AvgIpc) is 2.01. The van der Waals surface area contributed by atoms with E-state index in [0.29, 0.717) is 11.4 Å². The van der Waals surface area contributed by atoms with Gasteiger partial charge in [-0.1, -0.05) is 0 Å². The number of pyridine rings is 1. The lowest BCUT2D eigenvalue weighted by molar-refractivity contribution is 0.240. The molecule has 0 spiro atoms. The maximum Gasteiger partial charge on any atom is 0.216 e. The topological polar surface area (TPSA) is 22.1 Å². The van der Waals surface area contributed by atoms with Crippen molar-refractivity contribution >= 4 is 11.6 Å². The molecule has 0 saturated carbocycles. The molecule has 0 fully saturated rings. The Bertz CT molecular complexity index is 291. The van der Waals surface area contributed by atoms with Gasteiger partial charge in [0.25, 0.3) is 0 Å². The summed E-state index contributed by atoms with van der Waals surface area (Å²) in [5, 5.41) is 0. The van der Waals surface area contributed by atoms with Gasteiger partial charge in [-0.2, -0.15) is 4.39 Å². The average molecular weight is 204 g/mol. The zero-order valence-corrected chi connectivity index (χ0v) is 8.31. The van der Waals surface area contributed by atoms with E-state index in [2.05, 4.69) is 4.98 Å². The maximum absolute atomic E-state index is 12.8. The molecule has 0 bridgehead atoms. The van der Waals surface area contributed by atoms with Crippen LogP contribution in [0.2, 0.25) is 0 Å². The predicted octanol–water partition coefficient (Wildman–Crippen LogP) is 2.75. The molecule has 0 aliphatic carbocycles. The summed E-state index contributed by atoms with van der Waals surface area (Å²) in [6.07, 6.45) is 0.0185. The fourth-order valence-corrected chi connectivity index (χ4v) is 1.07. The van der Waals surface area contributed by atoms with Crippen LogP contribution in [0.15, 0.2) is 12.1 Å². The second-order valence-corrected chi connectivity index (χ2v) is 3.18. The van der Waals surface area contributed by atoms with Gasteiger partial charge in [-0.05, 0) is 13.8 Å². The summed E-state index contributed by atoms with van der Waals surface area (Å²) >= 11 is 5.52. The molecule has 1 aromatic rings. The van der Waals surface area contributed by atoms with Crippen molar-refractivity contribution in [2.75, 3.05) is 0 Å². The highest BCUT2D eigenvalue weighted by Crippen LogP contribution is 2.16. The zero-order chi connectivity index (χ0) is 9.84. The number of rotatable bonds is 3. The lowest BCUT2D eigenvalue weighted by atomic mass is 10.3. The van der Waals surface area contributed by atoms with Gasteiger partial charge in [0.05, 0.1) is 17.7 Å². The Hall–Kier alpha value is -0.830. The van der Waals surface area contributed by atoms with Crippen LogP contribution in [0.5, 0.6) is 5.75 Å². The standard InChI is InChI=1S/C9H11ClFNO/c1-6(2)13-8-3-7(5-10)12-9(11)4-8/h3-4,6H,5H2,1-2H3. The first-order chi connectivity index (χ1) is 6.11. The van der Waals surface area contributed by atoms with Crippen LogP contribution in [0.4, 0.5) is 4.39 Å². The molecule has 0 radical (unpaired) electrons. The van der Waals surface area contributed by atoms with Crippen molar-refractivity contribution in [2.24, 2.45) is 0 Å². The minimum atomic E-state index is -0.561. The molecule has 0 aliphatic rings. The second kappa shape index (κ2) is 4.42. The largest absolute Gasteiger partial charge is 0.491 e. The lowest BCUT2D eigenvalue weighted by Crippen LogP contribution is -2.06. The third-order valence-corrected chi connectivity index (χ3v) is 1.60. The molecule has 72 valence electrons. The molecule has 2 nitrogen and oxygen atoms in total. The van der Waals surface area contributed by atoms with Crippen molar-refractivity contribution in [1.29, 1.82) is 0 Å². The summed E-state index contributed by atoms with van der Waals surface area (Å²) in [5.74, 6) is 0.0959. The Balaban J connectivity index is 2.88. The van der Waals surface area contributed by atoms with Gasteiger partial charge >= 0.3 is 0 Å². The first kappa shape index (κ1) is 10.3. The van der Waals surface area contributed by atoms with Crippen molar-refractivity contribution < 1.29 is 9.13 Å². The van der Waals surface area contributed by atoms with Gasteiger partial charge in [0.1, 0.15) is 5.75 Å². The molecular formula is C9H11ClFNO. The van der Waals surface area contributed by atoms with Crippen LogP contribution < -0.4 is 4.74 Å². The summed E-state index contributed by atoms with van der Waals surface area (Å²) < 4.78 is 18.1. The molecule has 1 rings (SSSR count). The van der Waals surface area contributed by atoms with Crippen LogP contribution in [0, 0.1) is 5.95 Å². The van der Waals surface area contributed by atoms with Crippen molar-refractivity contribution in [2.45, 2.75) is 25.8 Å². The van der Waals surface area contributed by atoms with Gasteiger partial charge in [-0.25, -0.2) is 4.98 Å². The summed E-state index contributed by atoms with van der Waals surface area (Å²) in [7, 11) is 0. The number of hydrogen-bond acceptors (Lipinski definition) is 2. The molecule has 0 aliphatic heterocycles. The molecule has 0 N–H and O–H groups in total. The molecule has 0 unspecified atom stereocenters. The van der Waals surface area contributed by atoms with Crippen molar-refractivity contribution in [3.8, 4) is 5.75 Å². The van der Waals surface area contributed by atoms with Gasteiger partial charge in [0.2, 0.25) is 5.95 Å². The molecule has 0 atom stereocenters. The summed E-state index contributed by atoms with van der Waals surface area (Å²) in [6, 6.07) is 2.88. The number of hydrogen-bond donors (Lipinski definition) is 0. The van der Waals surface area contributed by atoms with Crippen LogP contribution in [-0.2, 0) is 5.88 Å². The Morgan fingerprint density at radius 3 is 2.77 bits per heavy atom. The van der Waals surface area contributed by atoms with E-state index in [-0.39, 0.29) is 12.0 Å². The number of ether oxygens (including phenoxy) is 1. The van der Waals surface area contributed by atoms with Crippen LogP contribution >= 0.6 is 11.6 Å². The van der Waals surface area contributed by atoms with Crippen LogP contribution in [-0.4, -0.2) is 11.1 Å². The minimum Gasteiger partial charge on any atom is -0.491 e. The quantitative estimate of drug-likeness (QED) is 0.557. The number of halogens is 2. The highest BCUT2D eigenvalue weighted by molar-refractivity contribution is 6.16. The van der Waals surface area contributed by atoms with E-state index in [9.17, 15) is 4.39 Å². The Morgan fingerprint density at radius 2 is 2.23 bits per heavy atom. The highest BCUT2D eigenvalue weighted by atomic mass is 35.5. The van der Waals surface area contributed by atoms with E-state index in [1.807, 2.05) is 13.8 Å². The smallest absolute Gasteiger partial charge is 0.216 e. The molecule has 1 heterocycles. The molecule has 1 aromatic heterocycles. The van der Waals surface area contributed by atoms with Gasteiger partial charge in [-0.15, -0.1) is 11.6 Å². The van der Waals surface area contributed by atoms with Crippen molar-refractivity contribution in [1.82, 2.24) is 4.98 Å². The monoisotopic (exact) mass is 203 g/mol. The fraction of sp³-hybridized carbons (Fsp3) is 0.444. The Labute approximate surface area is 81.7 Å². The first-order valence-corrected chi connectivity index (χ1v) is 4.54. The number of aromatic nitrogens is 1. The third-order valence-electron chi connectivity index (χ3n) is 1.33. The van der Waals surface area contributed by atoms with Crippen LogP contribution in [0.3, 0.4) is 0 Å². The van der Waals surface area contributed by atoms with Gasteiger partial charge < -0.3 is 4.74 Å². The van der Waals surface area contributed by atoms with Crippen LogP contribution in [0.25, 0.3) is 0 Å². The summed E-state index contributed by atoms with van der Waals surface area (Å²) in [6.45, 7) is 3.75. The van der Waals surface area contributed by atoms with E-state index in [4.69, 9.17) is 16.3 Å². The molecule has 0 amide bonds. The summed E-state index contributed by atoms with van der Waals surface area (Å²) in [4.78, 5) is 3.58. The third kappa shape index (κ3) is 3.19. The van der Waals surface area contributed by atoms with E-state index in [1.165, 1.54) is 6.07 Å². The predicted molar refractivity (Wildman–Crippen MR) is 49.5 cm³/mol. The van der Waals surface area contributed by atoms with Crippen molar-refractivity contribution in [3.63, 3.8) is 0 Å². The van der Waals surface area contributed by atoms with E-state index >= 15 is 0 Å². The van der Waals surface area contributed by atoms with E-state index < -0.39 is 5.95 Å². The molecule has 13 heavy (non-hydrogen) atoms. The highest BCUT2D eigenvalue weighted by Gasteiger charge is 2.03. The molecule has 0 aromatic carbocycles.